The first kappa shape index (κ1) is 11.8. The third kappa shape index (κ3) is 2.09. The Bertz CT molecular complexity index is 457. The quantitative estimate of drug-likeness (QED) is 0.858. The van der Waals surface area contributed by atoms with E-state index in [1.165, 1.54) is 6.07 Å². The number of nitrogens with zero attached hydrogens (tertiary/aromatic N) is 2. The van der Waals surface area contributed by atoms with E-state index in [4.69, 9.17) is 5.73 Å². The minimum absolute atomic E-state index is 0.0916. The van der Waals surface area contributed by atoms with Crippen LogP contribution in [-0.2, 0) is 0 Å². The first-order valence-corrected chi connectivity index (χ1v) is 5.54. The summed E-state index contributed by atoms with van der Waals surface area (Å²) >= 11 is 0. The third-order valence-electron chi connectivity index (χ3n) is 2.90. The van der Waals surface area contributed by atoms with Gasteiger partial charge < -0.3 is 10.6 Å². The van der Waals surface area contributed by atoms with Gasteiger partial charge in [-0.25, -0.2) is 8.78 Å². The molecule has 1 atom stereocenters. The molecule has 1 heterocycles. The predicted octanol–water partition coefficient (Wildman–Crippen LogP) is 2.04. The van der Waals surface area contributed by atoms with Gasteiger partial charge in [-0.2, -0.15) is 0 Å². The number of rotatable bonds is 2. The van der Waals surface area contributed by atoms with Crippen molar-refractivity contribution in [2.75, 3.05) is 6.54 Å². The lowest BCUT2D eigenvalue weighted by molar-refractivity contribution is 0.283. The Kier molecular flexibility index (Phi) is 3.00. The molecule has 1 aromatic rings. The molecule has 2 rings (SSSR count). The maximum absolute atomic E-state index is 13.7. The fourth-order valence-electron chi connectivity index (χ4n) is 2.15. The summed E-state index contributed by atoms with van der Waals surface area (Å²) in [4.78, 5) is 5.90. The molecule has 3 nitrogen and oxygen atoms in total. The molecule has 0 bridgehead atoms. The van der Waals surface area contributed by atoms with Crippen LogP contribution in [0.5, 0.6) is 0 Å². The monoisotopic (exact) mass is 239 g/mol. The van der Waals surface area contributed by atoms with E-state index in [1.807, 2.05) is 13.8 Å². The number of halogens is 2. The van der Waals surface area contributed by atoms with Gasteiger partial charge in [0.25, 0.3) is 0 Å². The fraction of sp³-hybridized carbons (Fsp3) is 0.417. The molecule has 1 unspecified atom stereocenters. The van der Waals surface area contributed by atoms with Crippen molar-refractivity contribution in [2.45, 2.75) is 25.9 Å². The zero-order valence-corrected chi connectivity index (χ0v) is 9.82. The highest BCUT2D eigenvalue weighted by atomic mass is 19.1. The number of hydrogen-bond donors (Lipinski definition) is 1. The van der Waals surface area contributed by atoms with Crippen LogP contribution in [0.2, 0.25) is 0 Å². The minimum Gasteiger partial charge on any atom is -0.370 e. The molecular weight excluding hydrogens is 224 g/mol. The van der Waals surface area contributed by atoms with E-state index in [1.54, 1.807) is 4.90 Å². The maximum Gasteiger partial charge on any atom is 0.192 e. The zero-order chi connectivity index (χ0) is 12.6. The number of aliphatic imine (C=N–C) groups is 1. The van der Waals surface area contributed by atoms with E-state index < -0.39 is 11.6 Å². The predicted molar refractivity (Wildman–Crippen MR) is 62.6 cm³/mol. The van der Waals surface area contributed by atoms with Crippen molar-refractivity contribution in [3.63, 3.8) is 0 Å². The van der Waals surface area contributed by atoms with E-state index in [0.29, 0.717) is 18.1 Å². The summed E-state index contributed by atoms with van der Waals surface area (Å²) in [5.74, 6) is -0.490. The Labute approximate surface area is 98.9 Å². The van der Waals surface area contributed by atoms with Crippen LogP contribution in [0.25, 0.3) is 0 Å². The Morgan fingerprint density at radius 3 is 2.76 bits per heavy atom. The van der Waals surface area contributed by atoms with Crippen LogP contribution in [0.15, 0.2) is 23.2 Å². The van der Waals surface area contributed by atoms with Crippen LogP contribution >= 0.6 is 0 Å². The van der Waals surface area contributed by atoms with Crippen LogP contribution in [0.3, 0.4) is 0 Å². The van der Waals surface area contributed by atoms with Crippen LogP contribution in [-0.4, -0.2) is 23.4 Å². The van der Waals surface area contributed by atoms with E-state index in [-0.39, 0.29) is 12.1 Å². The number of nitrogens with two attached hydrogens (primary N) is 1. The van der Waals surface area contributed by atoms with Gasteiger partial charge >= 0.3 is 0 Å². The highest BCUT2D eigenvalue weighted by Crippen LogP contribution is 2.29. The first-order valence-electron chi connectivity index (χ1n) is 5.54. The van der Waals surface area contributed by atoms with Crippen molar-refractivity contribution in [1.82, 2.24) is 4.90 Å². The third-order valence-corrected chi connectivity index (χ3v) is 2.90. The number of hydrogen-bond acceptors (Lipinski definition) is 3. The van der Waals surface area contributed by atoms with Crippen LogP contribution in [0.4, 0.5) is 8.78 Å². The van der Waals surface area contributed by atoms with Crippen molar-refractivity contribution in [3.8, 4) is 0 Å². The molecule has 2 N–H and O–H groups in total. The van der Waals surface area contributed by atoms with Gasteiger partial charge in [0.1, 0.15) is 11.6 Å². The van der Waals surface area contributed by atoms with Crippen molar-refractivity contribution in [1.29, 1.82) is 0 Å². The summed E-state index contributed by atoms with van der Waals surface area (Å²) in [5.41, 5.74) is 6.06. The molecule has 0 aliphatic carbocycles. The summed E-state index contributed by atoms with van der Waals surface area (Å²) in [5, 5.41) is 0. The molecule has 0 radical (unpaired) electrons. The van der Waals surface area contributed by atoms with Crippen molar-refractivity contribution >= 4 is 5.96 Å². The van der Waals surface area contributed by atoms with Gasteiger partial charge in [0.05, 0.1) is 12.6 Å². The second-order valence-electron chi connectivity index (χ2n) is 4.38. The molecule has 0 saturated carbocycles. The van der Waals surface area contributed by atoms with E-state index in [2.05, 4.69) is 4.99 Å². The van der Waals surface area contributed by atoms with Gasteiger partial charge in [-0.3, -0.25) is 4.99 Å². The van der Waals surface area contributed by atoms with E-state index >= 15 is 0 Å². The number of guanidine groups is 1. The second-order valence-corrected chi connectivity index (χ2v) is 4.38. The van der Waals surface area contributed by atoms with E-state index in [9.17, 15) is 8.78 Å². The lowest BCUT2D eigenvalue weighted by Crippen LogP contribution is -2.41. The van der Waals surface area contributed by atoms with Gasteiger partial charge in [-0.1, -0.05) is 0 Å². The van der Waals surface area contributed by atoms with Crippen LogP contribution in [0.1, 0.15) is 25.5 Å². The largest absolute Gasteiger partial charge is 0.370 e. The average Bonchev–Trinajstić information content (AvgIpc) is 2.64. The van der Waals surface area contributed by atoms with Gasteiger partial charge in [0, 0.05) is 11.6 Å². The molecular formula is C12H15F2N3. The molecule has 1 aromatic carbocycles. The van der Waals surface area contributed by atoms with Gasteiger partial charge in [-0.15, -0.1) is 0 Å². The summed E-state index contributed by atoms with van der Waals surface area (Å²) in [6, 6.07) is 3.23. The maximum atomic E-state index is 13.7. The molecule has 0 amide bonds. The van der Waals surface area contributed by atoms with Crippen molar-refractivity contribution < 1.29 is 8.78 Å². The van der Waals surface area contributed by atoms with E-state index in [0.717, 1.165) is 12.1 Å². The van der Waals surface area contributed by atoms with Crippen LogP contribution < -0.4 is 5.73 Å². The SMILES string of the molecule is CC(C)N1C(N)=NCC1c1cc(F)ccc1F. The lowest BCUT2D eigenvalue weighted by Gasteiger charge is -2.30. The molecule has 0 fully saturated rings. The molecule has 92 valence electrons. The average molecular weight is 239 g/mol. The molecule has 1 aliphatic rings. The van der Waals surface area contributed by atoms with Gasteiger partial charge in [0.2, 0.25) is 0 Å². The standard InChI is InChI=1S/C12H15F2N3/c1-7(2)17-11(6-16-12(17)15)9-5-8(13)3-4-10(9)14/h3-5,7,11H,6H2,1-2H3,(H2,15,16). The van der Waals surface area contributed by atoms with Crippen LogP contribution in [0, 0.1) is 11.6 Å². The Morgan fingerprint density at radius 2 is 2.12 bits per heavy atom. The highest BCUT2D eigenvalue weighted by molar-refractivity contribution is 5.80. The molecule has 0 saturated heterocycles. The smallest absolute Gasteiger partial charge is 0.192 e. The fourth-order valence-corrected chi connectivity index (χ4v) is 2.15. The Hall–Kier alpha value is -1.65. The molecule has 0 aromatic heterocycles. The van der Waals surface area contributed by atoms with Gasteiger partial charge in [0.15, 0.2) is 5.96 Å². The molecule has 17 heavy (non-hydrogen) atoms. The molecule has 5 heteroatoms. The normalized spacial score (nSPS) is 19.9. The summed E-state index contributed by atoms with van der Waals surface area (Å²) in [6.07, 6.45) is 0. The topological polar surface area (TPSA) is 41.6 Å². The summed E-state index contributed by atoms with van der Waals surface area (Å²) in [6.45, 7) is 4.25. The summed E-state index contributed by atoms with van der Waals surface area (Å²) in [7, 11) is 0. The van der Waals surface area contributed by atoms with Crippen molar-refractivity contribution in [2.24, 2.45) is 10.7 Å². The van der Waals surface area contributed by atoms with Crippen molar-refractivity contribution in [3.05, 3.63) is 35.4 Å². The number of benzene rings is 1. The molecule has 0 spiro atoms. The zero-order valence-electron chi connectivity index (χ0n) is 9.82. The minimum atomic E-state index is -0.449. The summed E-state index contributed by atoms with van der Waals surface area (Å²) < 4.78 is 26.9. The first-order chi connectivity index (χ1) is 8.00. The Balaban J connectivity index is 2.37. The molecule has 1 aliphatic heterocycles. The second kappa shape index (κ2) is 4.31. The lowest BCUT2D eigenvalue weighted by atomic mass is 10.0. The van der Waals surface area contributed by atoms with Gasteiger partial charge in [-0.05, 0) is 32.0 Å². The highest BCUT2D eigenvalue weighted by Gasteiger charge is 2.31. The Morgan fingerprint density at radius 1 is 1.41 bits per heavy atom.